The van der Waals surface area contributed by atoms with Gasteiger partial charge < -0.3 is 0 Å². The Morgan fingerprint density at radius 2 is 2.00 bits per heavy atom. The number of nitrogens with zero attached hydrogens (tertiary/aromatic N) is 2. The van der Waals surface area contributed by atoms with E-state index in [4.69, 9.17) is 0 Å². The van der Waals surface area contributed by atoms with Crippen molar-refractivity contribution in [3.05, 3.63) is 17.5 Å². The largest absolute Gasteiger partial charge is 0.264 e. The highest BCUT2D eigenvalue weighted by Gasteiger charge is 2.17. The van der Waals surface area contributed by atoms with E-state index >= 15 is 0 Å². The Morgan fingerprint density at radius 1 is 1.42 bits per heavy atom. The van der Waals surface area contributed by atoms with Crippen molar-refractivity contribution in [1.82, 2.24) is 9.78 Å². The van der Waals surface area contributed by atoms with Gasteiger partial charge in [-0.2, -0.15) is 5.10 Å². The van der Waals surface area contributed by atoms with Gasteiger partial charge in [-0.15, -0.1) is 0 Å². The first-order chi connectivity index (χ1) is 5.45. The lowest BCUT2D eigenvalue weighted by molar-refractivity contribution is 0.343. The van der Waals surface area contributed by atoms with Crippen LogP contribution in [0.3, 0.4) is 0 Å². The summed E-state index contributed by atoms with van der Waals surface area (Å²) in [5.74, 6) is 0. The molecule has 0 saturated heterocycles. The summed E-state index contributed by atoms with van der Waals surface area (Å²) in [7, 11) is 0. The van der Waals surface area contributed by atoms with Crippen LogP contribution in [0, 0.1) is 6.92 Å². The van der Waals surface area contributed by atoms with Crippen molar-refractivity contribution in [3.8, 4) is 0 Å². The summed E-state index contributed by atoms with van der Waals surface area (Å²) in [6.07, 6.45) is 1.05. The molecule has 0 fully saturated rings. The fourth-order valence-corrected chi connectivity index (χ4v) is 1.39. The first-order valence-electron chi connectivity index (χ1n) is 4.51. The maximum atomic E-state index is 4.47. The van der Waals surface area contributed by atoms with Crippen molar-refractivity contribution < 1.29 is 0 Å². The highest BCUT2D eigenvalue weighted by molar-refractivity contribution is 5.10. The lowest BCUT2D eigenvalue weighted by Gasteiger charge is -2.21. The van der Waals surface area contributed by atoms with Gasteiger partial charge in [-0.3, -0.25) is 4.68 Å². The lowest BCUT2D eigenvalue weighted by atomic mass is 10.1. The molecule has 0 spiro atoms. The van der Waals surface area contributed by atoms with E-state index < -0.39 is 0 Å². The molecule has 0 unspecified atom stereocenters. The summed E-state index contributed by atoms with van der Waals surface area (Å²) in [6.45, 7) is 10.7. The zero-order chi connectivity index (χ0) is 9.35. The molecule has 0 atom stereocenters. The third kappa shape index (κ3) is 1.68. The molecule has 0 radical (unpaired) electrons. The summed E-state index contributed by atoms with van der Waals surface area (Å²) in [4.78, 5) is 0. The molecule has 0 aliphatic rings. The second-order valence-electron chi connectivity index (χ2n) is 4.21. The third-order valence-electron chi connectivity index (χ3n) is 1.90. The van der Waals surface area contributed by atoms with Gasteiger partial charge in [-0.1, -0.05) is 6.92 Å². The number of rotatable bonds is 1. The topological polar surface area (TPSA) is 17.8 Å². The lowest BCUT2D eigenvalue weighted by Crippen LogP contribution is -2.25. The molecule has 2 nitrogen and oxygen atoms in total. The summed E-state index contributed by atoms with van der Waals surface area (Å²) in [5.41, 5.74) is 2.54. The highest BCUT2D eigenvalue weighted by Crippen LogP contribution is 2.17. The summed E-state index contributed by atoms with van der Waals surface area (Å²) in [5, 5.41) is 4.47. The van der Waals surface area contributed by atoms with E-state index in [0.29, 0.717) is 0 Å². The zero-order valence-electron chi connectivity index (χ0n) is 8.68. The van der Waals surface area contributed by atoms with Gasteiger partial charge in [0.05, 0.1) is 11.2 Å². The smallest absolute Gasteiger partial charge is 0.0596 e. The number of hydrogen-bond acceptors (Lipinski definition) is 1. The molecule has 0 aromatic carbocycles. The molecule has 2 heteroatoms. The molecular formula is C10H18N2. The Hall–Kier alpha value is -0.790. The van der Waals surface area contributed by atoms with Crippen molar-refractivity contribution in [1.29, 1.82) is 0 Å². The molecule has 12 heavy (non-hydrogen) atoms. The van der Waals surface area contributed by atoms with Crippen LogP contribution >= 0.6 is 0 Å². The fourth-order valence-electron chi connectivity index (χ4n) is 1.39. The number of hydrogen-bond donors (Lipinski definition) is 0. The van der Waals surface area contributed by atoms with Gasteiger partial charge in [0.2, 0.25) is 0 Å². The molecule has 1 aromatic heterocycles. The molecule has 0 saturated carbocycles. The minimum Gasteiger partial charge on any atom is -0.264 e. The summed E-state index contributed by atoms with van der Waals surface area (Å²) in [6, 6.07) is 2.16. The molecular weight excluding hydrogens is 148 g/mol. The Kier molecular flexibility index (Phi) is 2.27. The van der Waals surface area contributed by atoms with E-state index in [-0.39, 0.29) is 5.54 Å². The predicted molar refractivity (Wildman–Crippen MR) is 51.3 cm³/mol. The molecule has 0 amide bonds. The van der Waals surface area contributed by atoms with Gasteiger partial charge in [0.15, 0.2) is 0 Å². The summed E-state index contributed by atoms with van der Waals surface area (Å²) < 4.78 is 2.11. The van der Waals surface area contributed by atoms with E-state index in [1.165, 1.54) is 5.69 Å². The van der Waals surface area contributed by atoms with E-state index in [2.05, 4.69) is 43.5 Å². The second-order valence-corrected chi connectivity index (χ2v) is 4.21. The Balaban J connectivity index is 3.13. The first-order valence-corrected chi connectivity index (χ1v) is 4.51. The van der Waals surface area contributed by atoms with E-state index in [9.17, 15) is 0 Å². The van der Waals surface area contributed by atoms with E-state index in [1.807, 2.05) is 6.92 Å². The van der Waals surface area contributed by atoms with E-state index in [1.54, 1.807) is 0 Å². The van der Waals surface area contributed by atoms with Crippen LogP contribution in [0.15, 0.2) is 6.07 Å². The van der Waals surface area contributed by atoms with Crippen LogP contribution in [0.25, 0.3) is 0 Å². The van der Waals surface area contributed by atoms with Gasteiger partial charge in [-0.25, -0.2) is 0 Å². The average molecular weight is 166 g/mol. The number of aryl methyl sites for hydroxylation is 2. The van der Waals surface area contributed by atoms with Crippen molar-refractivity contribution in [2.24, 2.45) is 0 Å². The van der Waals surface area contributed by atoms with Crippen molar-refractivity contribution in [2.45, 2.75) is 46.6 Å². The quantitative estimate of drug-likeness (QED) is 0.626. The SMILES string of the molecule is CCc1cc(C)nn1C(C)(C)C. The average Bonchev–Trinajstić information content (AvgIpc) is 2.29. The standard InChI is InChI=1S/C10H18N2/c1-6-9-7-8(2)11-12(9)10(3,4)5/h7H,6H2,1-5H3. The van der Waals surface area contributed by atoms with Crippen molar-refractivity contribution >= 4 is 0 Å². The van der Waals surface area contributed by atoms with Crippen LogP contribution in [-0.2, 0) is 12.0 Å². The molecule has 0 aliphatic carbocycles. The molecule has 68 valence electrons. The normalized spacial score (nSPS) is 12.1. The van der Waals surface area contributed by atoms with Gasteiger partial charge in [0.1, 0.15) is 0 Å². The molecule has 0 bridgehead atoms. The zero-order valence-corrected chi connectivity index (χ0v) is 8.68. The predicted octanol–water partition coefficient (Wildman–Crippen LogP) is 2.51. The minimum absolute atomic E-state index is 0.111. The Bertz CT molecular complexity index is 266. The van der Waals surface area contributed by atoms with Crippen LogP contribution in [0.1, 0.15) is 39.1 Å². The maximum absolute atomic E-state index is 4.47. The molecule has 0 aliphatic heterocycles. The van der Waals surface area contributed by atoms with Crippen molar-refractivity contribution in [2.75, 3.05) is 0 Å². The highest BCUT2D eigenvalue weighted by atomic mass is 15.3. The second kappa shape index (κ2) is 2.92. The Morgan fingerprint density at radius 3 is 2.33 bits per heavy atom. The third-order valence-corrected chi connectivity index (χ3v) is 1.90. The monoisotopic (exact) mass is 166 g/mol. The van der Waals surface area contributed by atoms with Gasteiger partial charge in [-0.05, 0) is 40.2 Å². The molecule has 1 aromatic rings. The van der Waals surface area contributed by atoms with Gasteiger partial charge in [0.25, 0.3) is 0 Å². The van der Waals surface area contributed by atoms with Crippen LogP contribution < -0.4 is 0 Å². The minimum atomic E-state index is 0.111. The van der Waals surface area contributed by atoms with Crippen LogP contribution in [-0.4, -0.2) is 9.78 Å². The van der Waals surface area contributed by atoms with Crippen LogP contribution in [0.5, 0.6) is 0 Å². The van der Waals surface area contributed by atoms with Gasteiger partial charge in [0, 0.05) is 5.69 Å². The Labute approximate surface area is 74.6 Å². The maximum Gasteiger partial charge on any atom is 0.0596 e. The summed E-state index contributed by atoms with van der Waals surface area (Å²) >= 11 is 0. The van der Waals surface area contributed by atoms with Gasteiger partial charge >= 0.3 is 0 Å². The molecule has 0 N–H and O–H groups in total. The van der Waals surface area contributed by atoms with Crippen LogP contribution in [0.2, 0.25) is 0 Å². The number of aromatic nitrogens is 2. The fraction of sp³-hybridized carbons (Fsp3) is 0.700. The molecule has 1 rings (SSSR count). The van der Waals surface area contributed by atoms with E-state index in [0.717, 1.165) is 12.1 Å². The first kappa shape index (κ1) is 9.30. The molecule has 1 heterocycles. The van der Waals surface area contributed by atoms with Crippen LogP contribution in [0.4, 0.5) is 0 Å². The van der Waals surface area contributed by atoms with Crippen molar-refractivity contribution in [3.63, 3.8) is 0 Å².